The number of likely N-dealkylation sites (tertiary alicyclic amines) is 2. The molecule has 3 amide bonds. The number of rotatable bonds is 3. The molecule has 0 aliphatic carbocycles. The third-order valence-electron chi connectivity index (χ3n) is 5.23. The summed E-state index contributed by atoms with van der Waals surface area (Å²) in [5.74, 6) is 0.772. The molecule has 4 rings (SSSR count). The van der Waals surface area contributed by atoms with Gasteiger partial charge in [-0.15, -0.1) is 11.3 Å². The van der Waals surface area contributed by atoms with Gasteiger partial charge in [-0.05, 0) is 45.7 Å². The Kier molecular flexibility index (Phi) is 5.73. The minimum absolute atomic E-state index is 0.0166. The van der Waals surface area contributed by atoms with Crippen LogP contribution in [-0.4, -0.2) is 70.8 Å². The smallest absolute Gasteiger partial charge is 0.410 e. The van der Waals surface area contributed by atoms with Crippen LogP contribution < -0.4 is 10.1 Å². The molecular weight excluding hydrogens is 404 g/mol. The maximum absolute atomic E-state index is 12.5. The topological polar surface area (TPSA) is 84.0 Å². The number of hydrogen-bond acceptors (Lipinski definition) is 6. The molecule has 1 N–H and O–H groups in total. The highest BCUT2D eigenvalue weighted by molar-refractivity contribution is 7.16. The normalized spacial score (nSPS) is 18.2. The molecule has 2 aliphatic rings. The monoisotopic (exact) mass is 432 g/mol. The van der Waals surface area contributed by atoms with Gasteiger partial charge in [-0.1, -0.05) is 6.07 Å². The van der Waals surface area contributed by atoms with Crippen LogP contribution in [0.3, 0.4) is 0 Å². The summed E-state index contributed by atoms with van der Waals surface area (Å²) in [5, 5.41) is 3.08. The number of nitrogens with one attached hydrogen (secondary N) is 1. The highest BCUT2D eigenvalue weighted by atomic mass is 32.1. The SMILES string of the molecule is CC(C)(C)OC(=O)N1CCC(NC(=O)N2CC(Oc3cccc4scnc34)C2)CC1. The van der Waals surface area contributed by atoms with Crippen LogP contribution in [0.1, 0.15) is 33.6 Å². The number of aromatic nitrogens is 1. The molecule has 8 nitrogen and oxygen atoms in total. The first-order valence-corrected chi connectivity index (χ1v) is 11.2. The predicted octanol–water partition coefficient (Wildman–Crippen LogP) is 3.47. The van der Waals surface area contributed by atoms with E-state index in [1.165, 1.54) is 0 Å². The minimum atomic E-state index is -0.497. The lowest BCUT2D eigenvalue weighted by Gasteiger charge is -2.40. The fourth-order valence-corrected chi connectivity index (χ4v) is 4.31. The molecule has 0 bridgehead atoms. The van der Waals surface area contributed by atoms with E-state index < -0.39 is 5.60 Å². The van der Waals surface area contributed by atoms with Crippen LogP contribution in [0.4, 0.5) is 9.59 Å². The number of urea groups is 1. The van der Waals surface area contributed by atoms with Crippen LogP contribution in [-0.2, 0) is 4.74 Å². The van der Waals surface area contributed by atoms with E-state index >= 15 is 0 Å². The maximum Gasteiger partial charge on any atom is 0.410 e. The molecule has 162 valence electrons. The third-order valence-corrected chi connectivity index (χ3v) is 6.02. The molecule has 2 fully saturated rings. The predicted molar refractivity (Wildman–Crippen MR) is 115 cm³/mol. The third kappa shape index (κ3) is 4.77. The summed E-state index contributed by atoms with van der Waals surface area (Å²) >= 11 is 1.59. The number of fused-ring (bicyclic) bond motifs is 1. The quantitative estimate of drug-likeness (QED) is 0.803. The Balaban J connectivity index is 1.19. The highest BCUT2D eigenvalue weighted by Crippen LogP contribution is 2.29. The van der Waals surface area contributed by atoms with Gasteiger partial charge in [0.1, 0.15) is 23.0 Å². The number of benzene rings is 1. The summed E-state index contributed by atoms with van der Waals surface area (Å²) in [5.41, 5.74) is 2.19. The maximum atomic E-state index is 12.5. The van der Waals surface area contributed by atoms with Crippen LogP contribution >= 0.6 is 11.3 Å². The molecule has 0 radical (unpaired) electrons. The Morgan fingerprint density at radius 3 is 2.60 bits per heavy atom. The molecule has 2 saturated heterocycles. The van der Waals surface area contributed by atoms with Crippen molar-refractivity contribution in [3.63, 3.8) is 0 Å². The van der Waals surface area contributed by atoms with Gasteiger partial charge in [0.2, 0.25) is 0 Å². The molecule has 2 aromatic rings. The van der Waals surface area contributed by atoms with Gasteiger partial charge in [-0.25, -0.2) is 14.6 Å². The molecule has 0 atom stereocenters. The van der Waals surface area contributed by atoms with Crippen molar-refractivity contribution in [1.29, 1.82) is 0 Å². The number of nitrogens with zero attached hydrogens (tertiary/aromatic N) is 3. The van der Waals surface area contributed by atoms with Gasteiger partial charge in [0.05, 0.1) is 23.3 Å². The lowest BCUT2D eigenvalue weighted by Crippen LogP contribution is -2.60. The molecule has 0 unspecified atom stereocenters. The van der Waals surface area contributed by atoms with Crippen molar-refractivity contribution < 1.29 is 19.1 Å². The first-order chi connectivity index (χ1) is 14.3. The Morgan fingerprint density at radius 1 is 1.17 bits per heavy atom. The summed E-state index contributed by atoms with van der Waals surface area (Å²) in [6, 6.07) is 5.90. The van der Waals surface area contributed by atoms with Crippen LogP contribution in [0.5, 0.6) is 5.75 Å². The van der Waals surface area contributed by atoms with Gasteiger partial charge >= 0.3 is 12.1 Å². The van der Waals surface area contributed by atoms with Crippen LogP contribution in [0, 0.1) is 0 Å². The van der Waals surface area contributed by atoms with Crippen molar-refractivity contribution in [2.75, 3.05) is 26.2 Å². The molecule has 2 aliphatic heterocycles. The number of amides is 3. The molecule has 0 saturated carbocycles. The van der Waals surface area contributed by atoms with E-state index in [0.29, 0.717) is 26.2 Å². The largest absolute Gasteiger partial charge is 0.484 e. The summed E-state index contributed by atoms with van der Waals surface area (Å²) in [7, 11) is 0. The average molecular weight is 433 g/mol. The van der Waals surface area contributed by atoms with Crippen molar-refractivity contribution in [3.05, 3.63) is 23.7 Å². The van der Waals surface area contributed by atoms with Gasteiger partial charge in [-0.3, -0.25) is 0 Å². The lowest BCUT2D eigenvalue weighted by molar-refractivity contribution is 0.0191. The number of carbonyl (C=O) groups excluding carboxylic acids is 2. The number of piperidine rings is 1. The number of hydrogen-bond donors (Lipinski definition) is 1. The summed E-state index contributed by atoms with van der Waals surface area (Å²) in [4.78, 5) is 32.5. The summed E-state index contributed by atoms with van der Waals surface area (Å²) < 4.78 is 12.5. The Morgan fingerprint density at radius 2 is 1.90 bits per heavy atom. The van der Waals surface area contributed by atoms with Gasteiger partial charge in [0.15, 0.2) is 0 Å². The van der Waals surface area contributed by atoms with Crippen molar-refractivity contribution in [2.24, 2.45) is 0 Å². The minimum Gasteiger partial charge on any atom is -0.484 e. The molecule has 0 spiro atoms. The Bertz CT molecular complexity index is 911. The van der Waals surface area contributed by atoms with Crippen LogP contribution in [0.25, 0.3) is 10.2 Å². The zero-order chi connectivity index (χ0) is 21.3. The lowest BCUT2D eigenvalue weighted by atomic mass is 10.1. The Hall–Kier alpha value is -2.55. The highest BCUT2D eigenvalue weighted by Gasteiger charge is 2.34. The number of para-hydroxylation sites is 1. The molecule has 1 aromatic carbocycles. The number of carbonyl (C=O) groups is 2. The van der Waals surface area contributed by atoms with Crippen molar-refractivity contribution in [3.8, 4) is 5.75 Å². The fourth-order valence-electron chi connectivity index (χ4n) is 3.61. The summed E-state index contributed by atoms with van der Waals surface area (Å²) in [6.07, 6.45) is 1.15. The number of thiazole rings is 1. The van der Waals surface area contributed by atoms with Crippen LogP contribution in [0.2, 0.25) is 0 Å². The van der Waals surface area contributed by atoms with E-state index in [-0.39, 0.29) is 24.3 Å². The second-order valence-electron chi connectivity index (χ2n) is 8.79. The first-order valence-electron chi connectivity index (χ1n) is 10.3. The first kappa shape index (κ1) is 20.7. The Labute approximate surface area is 180 Å². The van der Waals surface area contributed by atoms with E-state index in [1.54, 1.807) is 21.1 Å². The zero-order valence-corrected chi connectivity index (χ0v) is 18.4. The van der Waals surface area contributed by atoms with Gasteiger partial charge in [0, 0.05) is 19.1 Å². The van der Waals surface area contributed by atoms with E-state index in [4.69, 9.17) is 9.47 Å². The molecule has 30 heavy (non-hydrogen) atoms. The van der Waals surface area contributed by atoms with Crippen LogP contribution in [0.15, 0.2) is 23.7 Å². The van der Waals surface area contributed by atoms with E-state index in [2.05, 4.69) is 10.3 Å². The number of ether oxygens (including phenoxy) is 2. The van der Waals surface area contributed by atoms with Gasteiger partial charge < -0.3 is 24.6 Å². The zero-order valence-electron chi connectivity index (χ0n) is 17.6. The fraction of sp³-hybridized carbons (Fsp3) is 0.571. The molecule has 3 heterocycles. The second kappa shape index (κ2) is 8.29. The molecule has 1 aromatic heterocycles. The molecule has 9 heteroatoms. The van der Waals surface area contributed by atoms with Crippen molar-refractivity contribution >= 4 is 33.7 Å². The molecular formula is C21H28N4O4S. The second-order valence-corrected chi connectivity index (χ2v) is 9.68. The standard InChI is InChI=1S/C21H28N4O4S/c1-21(2,3)29-20(27)24-9-7-14(8-10-24)23-19(26)25-11-15(12-25)28-16-5-4-6-17-18(16)22-13-30-17/h4-6,13-15H,7-12H2,1-3H3,(H,23,26). The average Bonchev–Trinajstić information content (AvgIpc) is 3.13. The van der Waals surface area contributed by atoms with E-state index in [0.717, 1.165) is 28.8 Å². The van der Waals surface area contributed by atoms with Gasteiger partial charge in [-0.2, -0.15) is 0 Å². The summed E-state index contributed by atoms with van der Waals surface area (Å²) in [6.45, 7) is 7.87. The van der Waals surface area contributed by atoms with Gasteiger partial charge in [0.25, 0.3) is 0 Å². The van der Waals surface area contributed by atoms with E-state index in [9.17, 15) is 9.59 Å². The van der Waals surface area contributed by atoms with E-state index in [1.807, 2.05) is 44.5 Å². The van der Waals surface area contributed by atoms with Crippen molar-refractivity contribution in [2.45, 2.75) is 51.4 Å². The van der Waals surface area contributed by atoms with Crippen molar-refractivity contribution in [1.82, 2.24) is 20.1 Å².